The summed E-state index contributed by atoms with van der Waals surface area (Å²) in [4.78, 5) is 25.0. The molecule has 1 aliphatic heterocycles. The number of rotatable bonds is 4. The number of carboxylic acids is 1. The topological polar surface area (TPSA) is 60.9 Å². The Kier molecular flexibility index (Phi) is 5.86. The van der Waals surface area contributed by atoms with Crippen LogP contribution < -0.4 is 0 Å². The van der Waals surface area contributed by atoms with Crippen LogP contribution in [0.5, 0.6) is 0 Å². The first-order valence-electron chi connectivity index (χ1n) is 6.94. The van der Waals surface area contributed by atoms with E-state index in [4.69, 9.17) is 5.11 Å². The maximum absolute atomic E-state index is 12.5. The summed E-state index contributed by atoms with van der Waals surface area (Å²) < 4.78 is 37.6. The highest BCUT2D eigenvalue weighted by Crippen LogP contribution is 2.24. The van der Waals surface area contributed by atoms with Crippen LogP contribution in [0.4, 0.5) is 18.0 Å². The summed E-state index contributed by atoms with van der Waals surface area (Å²) in [6.45, 7) is 2.43. The molecule has 1 heterocycles. The zero-order valence-electron chi connectivity index (χ0n) is 12.2. The van der Waals surface area contributed by atoms with Crippen LogP contribution in [0, 0.1) is 5.92 Å². The lowest BCUT2D eigenvalue weighted by Crippen LogP contribution is -2.52. The lowest BCUT2D eigenvalue weighted by atomic mass is 9.94. The van der Waals surface area contributed by atoms with Crippen LogP contribution in [-0.4, -0.2) is 58.8 Å². The highest BCUT2D eigenvalue weighted by molar-refractivity contribution is 5.75. The Morgan fingerprint density at radius 2 is 1.81 bits per heavy atom. The van der Waals surface area contributed by atoms with Crippen molar-refractivity contribution in [2.45, 2.75) is 45.3 Å². The molecular formula is C13H21F3N2O3. The molecule has 1 N–H and O–H groups in total. The molecule has 0 aromatic carbocycles. The molecule has 1 aliphatic rings. The van der Waals surface area contributed by atoms with E-state index < -0.39 is 30.8 Å². The smallest absolute Gasteiger partial charge is 0.406 e. The van der Waals surface area contributed by atoms with Gasteiger partial charge in [0.25, 0.3) is 0 Å². The molecule has 0 aliphatic carbocycles. The summed E-state index contributed by atoms with van der Waals surface area (Å²) >= 11 is 0. The Hall–Kier alpha value is -1.47. The number of urea groups is 1. The second-order valence-corrected chi connectivity index (χ2v) is 5.65. The van der Waals surface area contributed by atoms with Gasteiger partial charge in [0.15, 0.2) is 0 Å². The molecule has 0 radical (unpaired) electrons. The fraction of sp³-hybridized carbons (Fsp3) is 0.846. The van der Waals surface area contributed by atoms with Crippen molar-refractivity contribution < 1.29 is 27.9 Å². The number of hydrogen-bond donors (Lipinski definition) is 1. The zero-order chi connectivity index (χ0) is 16.2. The number of likely N-dealkylation sites (tertiary alicyclic amines) is 1. The molecule has 21 heavy (non-hydrogen) atoms. The van der Waals surface area contributed by atoms with Gasteiger partial charge < -0.3 is 14.9 Å². The van der Waals surface area contributed by atoms with Crippen molar-refractivity contribution >= 4 is 12.0 Å². The lowest BCUT2D eigenvalue weighted by Gasteiger charge is -2.37. The number of nitrogens with zero attached hydrogens (tertiary/aromatic N) is 2. The number of halogens is 3. The first-order valence-corrected chi connectivity index (χ1v) is 6.94. The van der Waals surface area contributed by atoms with Gasteiger partial charge in [-0.25, -0.2) is 4.79 Å². The summed E-state index contributed by atoms with van der Waals surface area (Å²) in [5, 5.41) is 8.72. The van der Waals surface area contributed by atoms with Gasteiger partial charge in [0.05, 0.1) is 0 Å². The third kappa shape index (κ3) is 5.81. The molecule has 1 fully saturated rings. The van der Waals surface area contributed by atoms with Gasteiger partial charge in [0, 0.05) is 25.6 Å². The Morgan fingerprint density at radius 3 is 2.19 bits per heavy atom. The number of alkyl halides is 3. The highest BCUT2D eigenvalue weighted by atomic mass is 19.4. The molecule has 0 bridgehead atoms. The molecule has 1 rings (SSSR count). The van der Waals surface area contributed by atoms with Gasteiger partial charge in [-0.15, -0.1) is 0 Å². The average molecular weight is 310 g/mol. The summed E-state index contributed by atoms with van der Waals surface area (Å²) in [5.41, 5.74) is 0. The third-order valence-corrected chi connectivity index (χ3v) is 3.57. The number of piperidine rings is 1. The quantitative estimate of drug-likeness (QED) is 0.868. The van der Waals surface area contributed by atoms with E-state index in [0.29, 0.717) is 25.9 Å². The Labute approximate surface area is 121 Å². The van der Waals surface area contributed by atoms with E-state index in [9.17, 15) is 22.8 Å². The Balaban J connectivity index is 2.60. The summed E-state index contributed by atoms with van der Waals surface area (Å²) in [6, 6.07) is -1.17. The van der Waals surface area contributed by atoms with E-state index in [1.807, 2.05) is 0 Å². The molecule has 0 aromatic rings. The van der Waals surface area contributed by atoms with Crippen molar-refractivity contribution in [3.05, 3.63) is 0 Å². The number of carbonyl (C=O) groups is 2. The Bertz CT molecular complexity index is 377. The summed E-state index contributed by atoms with van der Waals surface area (Å²) in [5.74, 6) is -0.901. The maximum Gasteiger partial charge on any atom is 0.406 e. The van der Waals surface area contributed by atoms with Crippen LogP contribution in [0.2, 0.25) is 0 Å². The first-order chi connectivity index (χ1) is 9.60. The van der Waals surface area contributed by atoms with Crippen LogP contribution in [0.15, 0.2) is 0 Å². The fourth-order valence-electron chi connectivity index (χ4n) is 2.42. The fourth-order valence-corrected chi connectivity index (χ4v) is 2.42. The minimum absolute atomic E-state index is 0.0123. The second-order valence-electron chi connectivity index (χ2n) is 5.65. The molecule has 122 valence electrons. The van der Waals surface area contributed by atoms with Crippen LogP contribution >= 0.6 is 0 Å². The monoisotopic (exact) mass is 310 g/mol. The van der Waals surface area contributed by atoms with Crippen molar-refractivity contribution in [3.8, 4) is 0 Å². The molecular weight excluding hydrogens is 289 g/mol. The van der Waals surface area contributed by atoms with Gasteiger partial charge in [0.2, 0.25) is 0 Å². The second kappa shape index (κ2) is 7.00. The minimum Gasteiger partial charge on any atom is -0.481 e. The Morgan fingerprint density at radius 1 is 1.29 bits per heavy atom. The minimum atomic E-state index is -4.43. The van der Waals surface area contributed by atoms with Gasteiger partial charge in [-0.05, 0) is 32.6 Å². The van der Waals surface area contributed by atoms with Crippen molar-refractivity contribution in [2.75, 3.05) is 19.6 Å². The van der Waals surface area contributed by atoms with E-state index in [0.717, 1.165) is 4.90 Å². The number of hydrogen-bond acceptors (Lipinski definition) is 2. The molecule has 0 spiro atoms. The molecule has 5 nitrogen and oxygen atoms in total. The predicted molar refractivity (Wildman–Crippen MR) is 69.8 cm³/mol. The standard InChI is InChI=1S/C13H21F3N2O3/c1-9(2)18(8-13(14,15)16)12(21)17-5-3-10(4-6-17)7-11(19)20/h9-10H,3-8H2,1-2H3,(H,19,20). The normalized spacial score (nSPS) is 17.1. The van der Waals surface area contributed by atoms with Crippen LogP contribution in [0.3, 0.4) is 0 Å². The summed E-state index contributed by atoms with van der Waals surface area (Å²) in [6.07, 6.45) is -3.37. The van der Waals surface area contributed by atoms with Crippen molar-refractivity contribution in [2.24, 2.45) is 5.92 Å². The SMILES string of the molecule is CC(C)N(CC(F)(F)F)C(=O)N1CCC(CC(=O)O)CC1. The molecule has 0 unspecified atom stereocenters. The molecule has 0 atom stereocenters. The highest BCUT2D eigenvalue weighted by Gasteiger charge is 2.36. The zero-order valence-corrected chi connectivity index (χ0v) is 12.2. The number of carbonyl (C=O) groups excluding carboxylic acids is 1. The maximum atomic E-state index is 12.5. The third-order valence-electron chi connectivity index (χ3n) is 3.57. The van der Waals surface area contributed by atoms with Gasteiger partial charge in [-0.3, -0.25) is 4.79 Å². The van der Waals surface area contributed by atoms with Crippen LogP contribution in [0.1, 0.15) is 33.1 Å². The number of aliphatic carboxylic acids is 1. The van der Waals surface area contributed by atoms with Crippen molar-refractivity contribution in [3.63, 3.8) is 0 Å². The average Bonchev–Trinajstić information content (AvgIpc) is 2.34. The molecule has 8 heteroatoms. The van der Waals surface area contributed by atoms with Crippen molar-refractivity contribution in [1.82, 2.24) is 9.80 Å². The molecule has 2 amide bonds. The number of amides is 2. The molecule has 0 saturated carbocycles. The van der Waals surface area contributed by atoms with Gasteiger partial charge >= 0.3 is 18.2 Å². The van der Waals surface area contributed by atoms with Gasteiger partial charge in [-0.2, -0.15) is 13.2 Å². The van der Waals surface area contributed by atoms with Crippen LogP contribution in [0.25, 0.3) is 0 Å². The first kappa shape index (κ1) is 17.6. The largest absolute Gasteiger partial charge is 0.481 e. The van der Waals surface area contributed by atoms with E-state index in [-0.39, 0.29) is 12.3 Å². The van der Waals surface area contributed by atoms with Gasteiger partial charge in [-0.1, -0.05) is 0 Å². The van der Waals surface area contributed by atoms with Gasteiger partial charge in [0.1, 0.15) is 6.54 Å². The van der Waals surface area contributed by atoms with E-state index >= 15 is 0 Å². The van der Waals surface area contributed by atoms with Crippen LogP contribution in [-0.2, 0) is 4.79 Å². The predicted octanol–water partition coefficient (Wildman–Crippen LogP) is 2.57. The van der Waals surface area contributed by atoms with E-state index in [2.05, 4.69) is 0 Å². The van der Waals surface area contributed by atoms with E-state index in [1.165, 1.54) is 4.90 Å². The summed E-state index contributed by atoms with van der Waals surface area (Å²) in [7, 11) is 0. The molecule has 0 aromatic heterocycles. The lowest BCUT2D eigenvalue weighted by molar-refractivity contribution is -0.144. The van der Waals surface area contributed by atoms with Crippen molar-refractivity contribution in [1.29, 1.82) is 0 Å². The van der Waals surface area contributed by atoms with E-state index in [1.54, 1.807) is 13.8 Å². The number of carboxylic acid groups (broad SMARTS) is 1. The molecule has 1 saturated heterocycles.